The summed E-state index contributed by atoms with van der Waals surface area (Å²) in [4.78, 5) is 18.1. The molecule has 7 heteroatoms. The average molecular weight is 594 g/mol. The second kappa shape index (κ2) is 11.9. The highest BCUT2D eigenvalue weighted by Crippen LogP contribution is 2.69. The summed E-state index contributed by atoms with van der Waals surface area (Å²) in [6.07, 6.45) is 11.1. The third-order valence-corrected chi connectivity index (χ3v) is 13.8. The van der Waals surface area contributed by atoms with Crippen molar-refractivity contribution < 1.29 is 15.0 Å². The van der Waals surface area contributed by atoms with Crippen LogP contribution in [0.5, 0.6) is 0 Å². The number of benzene rings is 1. The predicted octanol–water partition coefficient (Wildman–Crippen LogP) is 7.19. The number of fused-ring (bicyclic) bond motifs is 6. The van der Waals surface area contributed by atoms with Crippen molar-refractivity contribution in [3.8, 4) is 0 Å². The van der Waals surface area contributed by atoms with E-state index in [-0.39, 0.29) is 29.1 Å². The first-order valence-electron chi connectivity index (χ1n) is 16.6. The van der Waals surface area contributed by atoms with Gasteiger partial charge in [-0.25, -0.2) is 4.79 Å². The van der Waals surface area contributed by atoms with Gasteiger partial charge in [0.25, 0.3) is 0 Å². The summed E-state index contributed by atoms with van der Waals surface area (Å²) in [6.45, 7) is 10.3. The van der Waals surface area contributed by atoms with Gasteiger partial charge in [0.15, 0.2) is 0 Å². The first-order chi connectivity index (χ1) is 20.2. The van der Waals surface area contributed by atoms with Crippen molar-refractivity contribution in [2.24, 2.45) is 52.3 Å². The van der Waals surface area contributed by atoms with Gasteiger partial charge in [-0.1, -0.05) is 46.2 Å². The molecule has 11 atom stereocenters. The first-order valence-corrected chi connectivity index (χ1v) is 17.4. The van der Waals surface area contributed by atoms with E-state index in [1.165, 1.54) is 37.6 Å². The Bertz CT molecular complexity index is 1270. The molecule has 4 fully saturated rings. The smallest absolute Gasteiger partial charge is 0.325 e. The van der Waals surface area contributed by atoms with E-state index in [1.54, 1.807) is 6.20 Å². The summed E-state index contributed by atoms with van der Waals surface area (Å²) >= 11 is 1.34. The van der Waals surface area contributed by atoms with Gasteiger partial charge in [-0.05, 0) is 134 Å². The number of rotatable bonds is 7. The summed E-state index contributed by atoms with van der Waals surface area (Å²) in [6, 6.07) is 9.75. The van der Waals surface area contributed by atoms with E-state index in [1.807, 2.05) is 30.3 Å². The van der Waals surface area contributed by atoms with Crippen LogP contribution >= 0.6 is 11.9 Å². The normalized spacial score (nSPS) is 40.0. The van der Waals surface area contributed by atoms with Gasteiger partial charge in [0, 0.05) is 23.0 Å². The maximum Gasteiger partial charge on any atom is 0.325 e. The van der Waals surface area contributed by atoms with Gasteiger partial charge in [0.2, 0.25) is 0 Å². The standard InChI is InChI=1S/C35H51N3O3S/c1-5-23-28-20-22(39)13-16-35(28,4)27-14-17-34(3)25(11-12-26(34)31(27)32(23)40)21(2)15-19-37-33(41)38-42-30-10-6-9-29-24(30)8-7-18-36-29/h6-10,18,21-23,25-28,31-32,39-40H,5,11-17,19-20H2,1-4H3,(H2,37,38,41)/t21-,22-,23-,25-,26+,27+,28+,31+,32-,34-,35-/m1/s1. The predicted molar refractivity (Wildman–Crippen MR) is 170 cm³/mol. The number of nitrogens with zero attached hydrogens (tertiary/aromatic N) is 1. The number of carbonyl (C=O) groups excluding carboxylic acids is 1. The fraction of sp³-hybridized carbons (Fsp3) is 0.714. The van der Waals surface area contributed by atoms with E-state index in [9.17, 15) is 15.0 Å². The third-order valence-electron chi connectivity index (χ3n) is 12.9. The second-order valence-corrected chi connectivity index (χ2v) is 15.5. The molecule has 1 aromatic carbocycles. The van der Waals surface area contributed by atoms with E-state index in [2.05, 4.69) is 42.7 Å². The molecule has 42 heavy (non-hydrogen) atoms. The van der Waals surface area contributed by atoms with Crippen LogP contribution in [0.15, 0.2) is 41.4 Å². The van der Waals surface area contributed by atoms with Gasteiger partial charge in [0.1, 0.15) is 0 Å². The quantitative estimate of drug-likeness (QED) is 0.255. The molecule has 2 aromatic rings. The molecule has 0 bridgehead atoms. The molecule has 2 amide bonds. The van der Waals surface area contributed by atoms with Crippen LogP contribution in [0.2, 0.25) is 0 Å². The highest BCUT2D eigenvalue weighted by molar-refractivity contribution is 7.98. The highest BCUT2D eigenvalue weighted by atomic mass is 32.2. The highest BCUT2D eigenvalue weighted by Gasteiger charge is 2.64. The SMILES string of the molecule is CC[C@H]1[C@@H](O)[C@@H]2[C@H](CC[C@]3(C)[C@@H]([C@H](C)CCNC(=O)NSc4cccc5ncccc45)CC[C@@H]23)[C@@]2(C)CC[C@@H](O)C[C@@H]12. The van der Waals surface area contributed by atoms with Gasteiger partial charge in [-0.15, -0.1) is 0 Å². The number of pyridine rings is 1. The number of carbonyl (C=O) groups is 1. The maximum absolute atomic E-state index is 12.7. The fourth-order valence-electron chi connectivity index (χ4n) is 10.8. The molecule has 0 radical (unpaired) electrons. The van der Waals surface area contributed by atoms with Crippen LogP contribution < -0.4 is 10.0 Å². The van der Waals surface area contributed by atoms with Gasteiger partial charge in [-0.2, -0.15) is 0 Å². The molecular formula is C35H51N3O3S. The molecule has 230 valence electrons. The van der Waals surface area contributed by atoms with Crippen LogP contribution in [0.4, 0.5) is 4.79 Å². The molecule has 4 aliphatic rings. The Hall–Kier alpha value is -1.83. The Morgan fingerprint density at radius 2 is 1.83 bits per heavy atom. The number of aromatic nitrogens is 1. The zero-order valence-corrected chi connectivity index (χ0v) is 26.7. The number of aliphatic hydroxyl groups is 2. The summed E-state index contributed by atoms with van der Waals surface area (Å²) in [7, 11) is 0. The van der Waals surface area contributed by atoms with E-state index >= 15 is 0 Å². The third kappa shape index (κ3) is 5.15. The fourth-order valence-corrected chi connectivity index (χ4v) is 11.6. The molecule has 0 spiro atoms. The lowest BCUT2D eigenvalue weighted by Crippen LogP contribution is -2.62. The van der Waals surface area contributed by atoms with Crippen LogP contribution in [0.1, 0.15) is 85.5 Å². The Kier molecular flexibility index (Phi) is 8.58. The minimum absolute atomic E-state index is 0.152. The second-order valence-electron chi connectivity index (χ2n) is 14.7. The summed E-state index contributed by atoms with van der Waals surface area (Å²) in [5.41, 5.74) is 1.41. The Labute approximate surface area is 256 Å². The molecule has 6 rings (SSSR count). The number of urea groups is 1. The van der Waals surface area contributed by atoms with Gasteiger partial charge >= 0.3 is 6.03 Å². The molecule has 4 N–H and O–H groups in total. The minimum Gasteiger partial charge on any atom is -0.393 e. The molecule has 4 aliphatic carbocycles. The van der Waals surface area contributed by atoms with E-state index in [4.69, 9.17) is 0 Å². The average Bonchev–Trinajstić information content (AvgIpc) is 3.34. The van der Waals surface area contributed by atoms with E-state index in [0.29, 0.717) is 48.0 Å². The molecule has 6 nitrogen and oxygen atoms in total. The van der Waals surface area contributed by atoms with Crippen molar-refractivity contribution in [2.45, 2.75) is 103 Å². The van der Waals surface area contributed by atoms with Crippen molar-refractivity contribution in [2.75, 3.05) is 6.54 Å². The monoisotopic (exact) mass is 593 g/mol. The number of hydrogen-bond acceptors (Lipinski definition) is 5. The van der Waals surface area contributed by atoms with Crippen LogP contribution in [0, 0.1) is 52.3 Å². The Balaban J connectivity index is 1.06. The number of nitrogens with one attached hydrogen (secondary N) is 2. The molecule has 0 unspecified atom stereocenters. The molecular weight excluding hydrogens is 542 g/mol. The van der Waals surface area contributed by atoms with Crippen molar-refractivity contribution in [1.29, 1.82) is 0 Å². The van der Waals surface area contributed by atoms with Gasteiger partial charge < -0.3 is 15.5 Å². The van der Waals surface area contributed by atoms with Gasteiger partial charge in [0.05, 0.1) is 17.7 Å². The first kappa shape index (κ1) is 30.2. The lowest BCUT2D eigenvalue weighted by Gasteiger charge is -2.64. The summed E-state index contributed by atoms with van der Waals surface area (Å²) < 4.78 is 2.96. The summed E-state index contributed by atoms with van der Waals surface area (Å²) in [5.74, 6) is 3.40. The topological polar surface area (TPSA) is 94.5 Å². The Morgan fingerprint density at radius 1 is 1.05 bits per heavy atom. The van der Waals surface area contributed by atoms with Gasteiger partial charge in [-0.3, -0.25) is 9.71 Å². The number of amides is 2. The van der Waals surface area contributed by atoms with Crippen LogP contribution in [-0.4, -0.2) is 40.0 Å². The molecule has 4 saturated carbocycles. The molecule has 0 saturated heterocycles. The lowest BCUT2D eigenvalue weighted by molar-refractivity contribution is -0.203. The van der Waals surface area contributed by atoms with Crippen LogP contribution in [0.25, 0.3) is 10.9 Å². The van der Waals surface area contributed by atoms with Crippen LogP contribution in [-0.2, 0) is 0 Å². The minimum atomic E-state index is -0.248. The van der Waals surface area contributed by atoms with E-state index < -0.39 is 0 Å². The maximum atomic E-state index is 12.7. The number of aliphatic hydroxyl groups excluding tert-OH is 2. The van der Waals surface area contributed by atoms with Crippen LogP contribution in [0.3, 0.4) is 0 Å². The zero-order chi connectivity index (χ0) is 29.6. The number of hydrogen-bond donors (Lipinski definition) is 4. The lowest BCUT2D eigenvalue weighted by atomic mass is 9.41. The van der Waals surface area contributed by atoms with Crippen molar-refractivity contribution in [3.63, 3.8) is 0 Å². The summed E-state index contributed by atoms with van der Waals surface area (Å²) in [5, 5.41) is 26.6. The van der Waals surface area contributed by atoms with Crippen molar-refractivity contribution in [3.05, 3.63) is 36.5 Å². The molecule has 0 aliphatic heterocycles. The molecule has 1 heterocycles. The zero-order valence-electron chi connectivity index (χ0n) is 25.9. The van der Waals surface area contributed by atoms with Crippen molar-refractivity contribution >= 4 is 28.9 Å². The Morgan fingerprint density at radius 3 is 2.64 bits per heavy atom. The van der Waals surface area contributed by atoms with E-state index in [0.717, 1.165) is 47.9 Å². The molecule has 1 aromatic heterocycles. The van der Waals surface area contributed by atoms with Crippen molar-refractivity contribution in [1.82, 2.24) is 15.0 Å². The largest absolute Gasteiger partial charge is 0.393 e.